The first-order valence-electron chi connectivity index (χ1n) is 9.04. The number of fused-ring (bicyclic) bond motifs is 1. The van der Waals surface area contributed by atoms with Gasteiger partial charge in [0, 0.05) is 25.1 Å². The lowest BCUT2D eigenvalue weighted by Crippen LogP contribution is -2.40. The van der Waals surface area contributed by atoms with Gasteiger partial charge in [0.15, 0.2) is 0 Å². The van der Waals surface area contributed by atoms with Gasteiger partial charge in [0.1, 0.15) is 17.5 Å². The molecule has 1 aliphatic heterocycles. The minimum Gasteiger partial charge on any atom is -0.493 e. The van der Waals surface area contributed by atoms with Crippen LogP contribution >= 0.6 is 0 Å². The SMILES string of the molecule is Cn1c(C(F)(F)F)cc(=O)n(-c2ccc3c(c2)C(OC(=O)C2CC2)CCO3)c1=O. The second-order valence-corrected chi connectivity index (χ2v) is 7.10. The van der Waals surface area contributed by atoms with Crippen molar-refractivity contribution in [1.29, 1.82) is 0 Å². The van der Waals surface area contributed by atoms with Gasteiger partial charge < -0.3 is 9.47 Å². The van der Waals surface area contributed by atoms with Gasteiger partial charge in [0.2, 0.25) is 0 Å². The smallest absolute Gasteiger partial charge is 0.431 e. The molecule has 2 aromatic rings. The summed E-state index contributed by atoms with van der Waals surface area (Å²) in [5, 5.41) is 0. The summed E-state index contributed by atoms with van der Waals surface area (Å²) in [4.78, 5) is 36.9. The van der Waals surface area contributed by atoms with Gasteiger partial charge in [0.25, 0.3) is 5.56 Å². The Morgan fingerprint density at radius 2 is 1.90 bits per heavy atom. The highest BCUT2D eigenvalue weighted by molar-refractivity contribution is 5.75. The van der Waals surface area contributed by atoms with Crippen LogP contribution in [0.2, 0.25) is 0 Å². The number of alkyl halides is 3. The van der Waals surface area contributed by atoms with Gasteiger partial charge in [0.05, 0.1) is 18.2 Å². The number of esters is 1. The van der Waals surface area contributed by atoms with Gasteiger partial charge in [-0.2, -0.15) is 13.2 Å². The number of benzene rings is 1. The molecule has 1 saturated carbocycles. The largest absolute Gasteiger partial charge is 0.493 e. The third kappa shape index (κ3) is 3.54. The molecule has 154 valence electrons. The molecule has 0 saturated heterocycles. The van der Waals surface area contributed by atoms with Crippen LogP contribution in [0, 0.1) is 5.92 Å². The zero-order valence-electron chi connectivity index (χ0n) is 15.4. The molecule has 10 heteroatoms. The number of nitrogens with zero attached hydrogens (tertiary/aromatic N) is 2. The summed E-state index contributed by atoms with van der Waals surface area (Å²) in [6, 6.07) is 4.72. The zero-order chi connectivity index (χ0) is 20.9. The van der Waals surface area contributed by atoms with Crippen LogP contribution in [-0.4, -0.2) is 21.7 Å². The van der Waals surface area contributed by atoms with Crippen LogP contribution < -0.4 is 16.0 Å². The Hall–Kier alpha value is -3.04. The van der Waals surface area contributed by atoms with E-state index in [1.165, 1.54) is 18.2 Å². The summed E-state index contributed by atoms with van der Waals surface area (Å²) in [5.41, 5.74) is -3.03. The average Bonchev–Trinajstić information content (AvgIpc) is 3.49. The molecule has 0 amide bonds. The molecule has 1 aromatic heterocycles. The molecule has 0 spiro atoms. The van der Waals surface area contributed by atoms with Crippen LogP contribution in [-0.2, 0) is 22.8 Å². The van der Waals surface area contributed by atoms with E-state index in [9.17, 15) is 27.6 Å². The Balaban J connectivity index is 1.77. The van der Waals surface area contributed by atoms with Crippen molar-refractivity contribution in [2.75, 3.05) is 6.61 Å². The zero-order valence-corrected chi connectivity index (χ0v) is 15.4. The first kappa shape index (κ1) is 19.3. The molecule has 0 bridgehead atoms. The topological polar surface area (TPSA) is 79.5 Å². The average molecular weight is 410 g/mol. The van der Waals surface area contributed by atoms with E-state index in [4.69, 9.17) is 9.47 Å². The Kier molecular flexibility index (Phi) is 4.51. The van der Waals surface area contributed by atoms with Crippen molar-refractivity contribution < 1.29 is 27.4 Å². The first-order valence-corrected chi connectivity index (χ1v) is 9.04. The standard InChI is InChI=1S/C19H17F3N2O5/c1-23-15(19(20,21)22)9-16(25)24(18(23)27)11-4-5-13-12(8-11)14(6-7-28-13)29-17(26)10-2-3-10/h4-5,8-10,14H,2-3,6-7H2,1H3. The van der Waals surface area contributed by atoms with Crippen LogP contribution in [0.3, 0.4) is 0 Å². The number of rotatable bonds is 3. The predicted octanol–water partition coefficient (Wildman–Crippen LogP) is 2.33. The van der Waals surface area contributed by atoms with Crippen LogP contribution in [0.5, 0.6) is 5.75 Å². The van der Waals surface area contributed by atoms with Crippen molar-refractivity contribution in [3.63, 3.8) is 0 Å². The highest BCUT2D eigenvalue weighted by Crippen LogP contribution is 2.38. The Bertz CT molecular complexity index is 1100. The number of hydrogen-bond acceptors (Lipinski definition) is 5. The number of ether oxygens (including phenoxy) is 2. The molecule has 0 radical (unpaired) electrons. The van der Waals surface area contributed by atoms with Gasteiger partial charge in [-0.25, -0.2) is 9.36 Å². The Morgan fingerprint density at radius 3 is 2.55 bits per heavy atom. The molecule has 1 aliphatic carbocycles. The summed E-state index contributed by atoms with van der Waals surface area (Å²) >= 11 is 0. The second-order valence-electron chi connectivity index (χ2n) is 7.10. The number of carbonyl (C=O) groups excluding carboxylic acids is 1. The van der Waals surface area contributed by atoms with E-state index in [-0.39, 0.29) is 17.6 Å². The summed E-state index contributed by atoms with van der Waals surface area (Å²) in [6.45, 7) is 0.330. The molecular formula is C19H17F3N2O5. The minimum atomic E-state index is -4.84. The third-order valence-corrected chi connectivity index (χ3v) is 5.02. The summed E-state index contributed by atoms with van der Waals surface area (Å²) in [6.07, 6.45) is -3.48. The van der Waals surface area contributed by atoms with Crippen LogP contribution in [0.4, 0.5) is 13.2 Å². The van der Waals surface area contributed by atoms with E-state index in [0.717, 1.165) is 19.9 Å². The van der Waals surface area contributed by atoms with E-state index in [1.807, 2.05) is 0 Å². The molecule has 0 N–H and O–H groups in total. The lowest BCUT2D eigenvalue weighted by molar-refractivity contribution is -0.152. The van der Waals surface area contributed by atoms with Gasteiger partial charge in [-0.05, 0) is 31.0 Å². The Morgan fingerprint density at radius 1 is 1.17 bits per heavy atom. The van der Waals surface area contributed by atoms with Gasteiger partial charge in [-0.15, -0.1) is 0 Å². The van der Waals surface area contributed by atoms with Crippen molar-refractivity contribution in [2.45, 2.75) is 31.5 Å². The normalized spacial score (nSPS) is 18.7. The fourth-order valence-corrected chi connectivity index (χ4v) is 3.30. The molecule has 1 unspecified atom stereocenters. The molecule has 1 aromatic carbocycles. The fraction of sp³-hybridized carbons (Fsp3) is 0.421. The van der Waals surface area contributed by atoms with E-state index >= 15 is 0 Å². The first-order chi connectivity index (χ1) is 13.7. The monoisotopic (exact) mass is 410 g/mol. The van der Waals surface area contributed by atoms with E-state index in [1.54, 1.807) is 0 Å². The lowest BCUT2D eigenvalue weighted by atomic mass is 10.0. The predicted molar refractivity (Wildman–Crippen MR) is 94.0 cm³/mol. The molecule has 7 nitrogen and oxygen atoms in total. The maximum absolute atomic E-state index is 13.0. The third-order valence-electron chi connectivity index (χ3n) is 5.02. The number of aromatic nitrogens is 2. The number of hydrogen-bond donors (Lipinski definition) is 0. The van der Waals surface area contributed by atoms with Crippen LogP contribution in [0.15, 0.2) is 33.9 Å². The Labute approximate surface area is 162 Å². The van der Waals surface area contributed by atoms with Gasteiger partial charge in [-0.1, -0.05) is 0 Å². The van der Waals surface area contributed by atoms with E-state index < -0.39 is 29.2 Å². The molecule has 1 fully saturated rings. The van der Waals surface area contributed by atoms with Gasteiger partial charge >= 0.3 is 17.8 Å². The highest BCUT2D eigenvalue weighted by atomic mass is 19.4. The highest BCUT2D eigenvalue weighted by Gasteiger charge is 2.36. The fourth-order valence-electron chi connectivity index (χ4n) is 3.30. The van der Waals surface area contributed by atoms with Crippen LogP contribution in [0.1, 0.15) is 36.6 Å². The molecular weight excluding hydrogens is 393 g/mol. The van der Waals surface area contributed by atoms with E-state index in [2.05, 4.69) is 0 Å². The van der Waals surface area contributed by atoms with Crippen LogP contribution in [0.25, 0.3) is 5.69 Å². The van der Waals surface area contributed by atoms with Crippen molar-refractivity contribution >= 4 is 5.97 Å². The lowest BCUT2D eigenvalue weighted by Gasteiger charge is -2.26. The molecule has 29 heavy (non-hydrogen) atoms. The summed E-state index contributed by atoms with van der Waals surface area (Å²) in [7, 11) is 0.947. The maximum Gasteiger partial charge on any atom is 0.431 e. The summed E-state index contributed by atoms with van der Waals surface area (Å²) in [5.74, 6) is 0.0237. The number of halogens is 3. The molecule has 2 heterocycles. The maximum atomic E-state index is 13.0. The van der Waals surface area contributed by atoms with E-state index in [0.29, 0.717) is 39.5 Å². The van der Waals surface area contributed by atoms with Crippen molar-refractivity contribution in [1.82, 2.24) is 9.13 Å². The molecule has 1 atom stereocenters. The quantitative estimate of drug-likeness (QED) is 0.726. The van der Waals surface area contributed by atoms with Crippen molar-refractivity contribution in [3.8, 4) is 11.4 Å². The number of carbonyl (C=O) groups is 1. The molecule has 2 aliphatic rings. The second kappa shape index (κ2) is 6.78. The van der Waals surface area contributed by atoms with Crippen molar-refractivity contribution in [3.05, 3.63) is 56.4 Å². The van der Waals surface area contributed by atoms with Gasteiger partial charge in [-0.3, -0.25) is 14.2 Å². The summed E-state index contributed by atoms with van der Waals surface area (Å²) < 4.78 is 51.2. The van der Waals surface area contributed by atoms with Crippen molar-refractivity contribution in [2.24, 2.45) is 13.0 Å². The minimum absolute atomic E-state index is 0.0704. The molecule has 4 rings (SSSR count).